The van der Waals surface area contributed by atoms with E-state index in [1.807, 2.05) is 6.07 Å². The molecule has 6 heteroatoms. The Hall–Kier alpha value is -1.47. The lowest BCUT2D eigenvalue weighted by atomic mass is 10.1. The molecule has 2 aliphatic rings. The van der Waals surface area contributed by atoms with Crippen molar-refractivity contribution in [3.8, 4) is 0 Å². The first kappa shape index (κ1) is 18.3. The lowest BCUT2D eigenvalue weighted by Gasteiger charge is -2.32. The third-order valence-electron chi connectivity index (χ3n) is 4.84. The SMILES string of the molecule is O=C(CC1CN(Cc2ccccc2)CCO1)NCCN1CCNCC1. The number of nitrogens with zero attached hydrogens (tertiary/aromatic N) is 2. The molecule has 3 rings (SSSR count). The Balaban J connectivity index is 1.34. The maximum absolute atomic E-state index is 12.2. The van der Waals surface area contributed by atoms with Gasteiger partial charge >= 0.3 is 0 Å². The highest BCUT2D eigenvalue weighted by Crippen LogP contribution is 2.12. The largest absolute Gasteiger partial charge is 0.375 e. The standard InChI is InChI=1S/C19H30N4O2/c24-19(21-8-11-22-9-6-20-7-10-22)14-18-16-23(12-13-25-18)15-17-4-2-1-3-5-17/h1-5,18,20H,6-16H2,(H,21,24). The molecule has 2 aliphatic heterocycles. The minimum absolute atomic E-state index is 0.00310. The van der Waals surface area contributed by atoms with E-state index in [9.17, 15) is 4.79 Å². The predicted molar refractivity (Wildman–Crippen MR) is 98.4 cm³/mol. The third kappa shape index (κ3) is 6.40. The molecule has 6 nitrogen and oxygen atoms in total. The molecular weight excluding hydrogens is 316 g/mol. The first-order valence-corrected chi connectivity index (χ1v) is 9.37. The van der Waals surface area contributed by atoms with Crippen molar-refractivity contribution in [2.24, 2.45) is 0 Å². The van der Waals surface area contributed by atoms with Crippen LogP contribution in [0.4, 0.5) is 0 Å². The lowest BCUT2D eigenvalue weighted by molar-refractivity contribution is -0.126. The van der Waals surface area contributed by atoms with Gasteiger partial charge in [0, 0.05) is 58.9 Å². The van der Waals surface area contributed by atoms with Crippen molar-refractivity contribution in [3.63, 3.8) is 0 Å². The summed E-state index contributed by atoms with van der Waals surface area (Å²) in [7, 11) is 0. The lowest BCUT2D eigenvalue weighted by Crippen LogP contribution is -2.47. The van der Waals surface area contributed by atoms with Crippen LogP contribution in [0.5, 0.6) is 0 Å². The average Bonchev–Trinajstić information content (AvgIpc) is 2.64. The number of ether oxygens (including phenoxy) is 1. The fraction of sp³-hybridized carbons (Fsp3) is 0.632. The Bertz CT molecular complexity index is 519. The molecule has 1 unspecified atom stereocenters. The molecule has 2 N–H and O–H groups in total. The third-order valence-corrected chi connectivity index (χ3v) is 4.84. The van der Waals surface area contributed by atoms with Crippen LogP contribution in [-0.2, 0) is 16.1 Å². The molecule has 2 heterocycles. The van der Waals surface area contributed by atoms with Crippen LogP contribution < -0.4 is 10.6 Å². The smallest absolute Gasteiger partial charge is 0.222 e. The van der Waals surface area contributed by atoms with E-state index in [0.717, 1.165) is 58.9 Å². The molecule has 0 radical (unpaired) electrons. The van der Waals surface area contributed by atoms with Crippen LogP contribution in [0, 0.1) is 0 Å². The van der Waals surface area contributed by atoms with Gasteiger partial charge in [-0.15, -0.1) is 0 Å². The molecule has 0 aliphatic carbocycles. The molecule has 2 fully saturated rings. The molecule has 0 spiro atoms. The first-order chi connectivity index (χ1) is 12.3. The van der Waals surface area contributed by atoms with Crippen LogP contribution in [0.25, 0.3) is 0 Å². The van der Waals surface area contributed by atoms with Crippen LogP contribution >= 0.6 is 0 Å². The summed E-state index contributed by atoms with van der Waals surface area (Å²) in [4.78, 5) is 16.9. The second kappa shape index (κ2) is 9.87. The first-order valence-electron chi connectivity index (χ1n) is 9.37. The van der Waals surface area contributed by atoms with Crippen molar-refractivity contribution < 1.29 is 9.53 Å². The Kier molecular flexibility index (Phi) is 7.23. The molecule has 0 aromatic heterocycles. The maximum atomic E-state index is 12.2. The van der Waals surface area contributed by atoms with Crippen LogP contribution in [0.2, 0.25) is 0 Å². The van der Waals surface area contributed by atoms with E-state index in [1.165, 1.54) is 5.56 Å². The van der Waals surface area contributed by atoms with Gasteiger partial charge in [0.05, 0.1) is 19.1 Å². The summed E-state index contributed by atoms with van der Waals surface area (Å²) in [6.45, 7) is 9.24. The highest BCUT2D eigenvalue weighted by molar-refractivity contribution is 5.76. The van der Waals surface area contributed by atoms with Crippen molar-refractivity contribution >= 4 is 5.91 Å². The van der Waals surface area contributed by atoms with E-state index < -0.39 is 0 Å². The number of amides is 1. The summed E-state index contributed by atoms with van der Waals surface area (Å²) in [5.74, 6) is 0.0988. The van der Waals surface area contributed by atoms with Gasteiger partial charge < -0.3 is 15.4 Å². The topological polar surface area (TPSA) is 56.8 Å². The van der Waals surface area contributed by atoms with Gasteiger partial charge in [0.15, 0.2) is 0 Å². The normalized spacial score (nSPS) is 22.6. The summed E-state index contributed by atoms with van der Waals surface area (Å²) < 4.78 is 5.79. The monoisotopic (exact) mass is 346 g/mol. The number of hydrogen-bond acceptors (Lipinski definition) is 5. The minimum Gasteiger partial charge on any atom is -0.375 e. The molecule has 25 heavy (non-hydrogen) atoms. The molecule has 0 saturated carbocycles. The molecule has 1 aromatic carbocycles. The van der Waals surface area contributed by atoms with Gasteiger partial charge in [-0.3, -0.25) is 14.6 Å². The zero-order valence-corrected chi connectivity index (χ0v) is 15.0. The van der Waals surface area contributed by atoms with E-state index in [4.69, 9.17) is 4.74 Å². The number of morpholine rings is 1. The molecule has 2 saturated heterocycles. The zero-order valence-electron chi connectivity index (χ0n) is 15.0. The Morgan fingerprint density at radius 1 is 1.16 bits per heavy atom. The molecule has 0 bridgehead atoms. The summed E-state index contributed by atoms with van der Waals surface area (Å²) >= 11 is 0. The van der Waals surface area contributed by atoms with E-state index >= 15 is 0 Å². The molecule has 1 amide bonds. The zero-order chi connectivity index (χ0) is 17.3. The Morgan fingerprint density at radius 3 is 2.76 bits per heavy atom. The highest BCUT2D eigenvalue weighted by Gasteiger charge is 2.23. The second-order valence-corrected chi connectivity index (χ2v) is 6.86. The summed E-state index contributed by atoms with van der Waals surface area (Å²) in [6, 6.07) is 10.5. The van der Waals surface area contributed by atoms with Gasteiger partial charge in [0.25, 0.3) is 0 Å². The number of carbonyl (C=O) groups is 1. The van der Waals surface area contributed by atoms with Crippen molar-refractivity contribution in [1.29, 1.82) is 0 Å². The van der Waals surface area contributed by atoms with Crippen LogP contribution in [-0.4, -0.2) is 80.8 Å². The van der Waals surface area contributed by atoms with E-state index in [1.54, 1.807) is 0 Å². The van der Waals surface area contributed by atoms with Gasteiger partial charge in [-0.1, -0.05) is 30.3 Å². The average molecular weight is 346 g/mol. The quantitative estimate of drug-likeness (QED) is 0.744. The van der Waals surface area contributed by atoms with E-state index in [0.29, 0.717) is 13.0 Å². The Morgan fingerprint density at radius 2 is 1.96 bits per heavy atom. The van der Waals surface area contributed by atoms with Gasteiger partial charge in [-0.05, 0) is 5.56 Å². The molecule has 1 atom stereocenters. The van der Waals surface area contributed by atoms with Crippen molar-refractivity contribution in [2.75, 3.05) is 59.0 Å². The second-order valence-electron chi connectivity index (χ2n) is 6.86. The van der Waals surface area contributed by atoms with Crippen molar-refractivity contribution in [3.05, 3.63) is 35.9 Å². The van der Waals surface area contributed by atoms with Gasteiger partial charge in [0.2, 0.25) is 5.91 Å². The van der Waals surface area contributed by atoms with Gasteiger partial charge in [-0.25, -0.2) is 0 Å². The van der Waals surface area contributed by atoms with Crippen LogP contribution in [0.3, 0.4) is 0 Å². The van der Waals surface area contributed by atoms with E-state index in [2.05, 4.69) is 44.7 Å². The van der Waals surface area contributed by atoms with E-state index in [-0.39, 0.29) is 12.0 Å². The van der Waals surface area contributed by atoms with Crippen molar-refractivity contribution in [1.82, 2.24) is 20.4 Å². The molecular formula is C19H30N4O2. The van der Waals surface area contributed by atoms with Crippen LogP contribution in [0.1, 0.15) is 12.0 Å². The number of rotatable bonds is 7. The summed E-state index contributed by atoms with van der Waals surface area (Å²) in [5.41, 5.74) is 1.31. The van der Waals surface area contributed by atoms with Gasteiger partial charge in [0.1, 0.15) is 0 Å². The number of carbonyl (C=O) groups excluding carboxylic acids is 1. The van der Waals surface area contributed by atoms with Crippen LogP contribution in [0.15, 0.2) is 30.3 Å². The molecule has 138 valence electrons. The number of nitrogens with one attached hydrogen (secondary N) is 2. The minimum atomic E-state index is -0.00310. The fourth-order valence-electron chi connectivity index (χ4n) is 3.46. The Labute approximate surface area is 150 Å². The van der Waals surface area contributed by atoms with Gasteiger partial charge in [-0.2, -0.15) is 0 Å². The highest BCUT2D eigenvalue weighted by atomic mass is 16.5. The number of piperazine rings is 1. The number of hydrogen-bond donors (Lipinski definition) is 2. The maximum Gasteiger partial charge on any atom is 0.222 e. The predicted octanol–water partition coefficient (Wildman–Crippen LogP) is 0.299. The number of benzene rings is 1. The molecule has 1 aromatic rings. The summed E-state index contributed by atoms with van der Waals surface area (Å²) in [6.07, 6.45) is 0.448. The fourth-order valence-corrected chi connectivity index (χ4v) is 3.46. The van der Waals surface area contributed by atoms with Crippen molar-refractivity contribution in [2.45, 2.75) is 19.1 Å². The summed E-state index contributed by atoms with van der Waals surface area (Å²) in [5, 5.41) is 6.38.